The monoisotopic (exact) mass is 480 g/mol. The van der Waals surface area contributed by atoms with Crippen molar-refractivity contribution in [3.05, 3.63) is 35.9 Å². The van der Waals surface area contributed by atoms with Gasteiger partial charge in [0.05, 0.1) is 6.61 Å². The van der Waals surface area contributed by atoms with Gasteiger partial charge >= 0.3 is 6.09 Å². The fourth-order valence-corrected chi connectivity index (χ4v) is 4.21. The van der Waals surface area contributed by atoms with Crippen LogP contribution in [0.3, 0.4) is 0 Å². The van der Waals surface area contributed by atoms with Gasteiger partial charge in [0.15, 0.2) is 0 Å². The number of hydrogen-bond donors (Lipinski definition) is 5. The quantitative estimate of drug-likeness (QED) is 0.230. The number of nitrogens with one attached hydrogen (secondary N) is 2. The highest BCUT2D eigenvalue weighted by Gasteiger charge is 2.45. The molecule has 1 heterocycles. The van der Waals surface area contributed by atoms with Gasteiger partial charge in [-0.2, -0.15) is 0 Å². The maximum atomic E-state index is 12.3. The minimum absolute atomic E-state index is 0.0921. The molecule has 0 spiro atoms. The van der Waals surface area contributed by atoms with Gasteiger partial charge in [-0.1, -0.05) is 95.0 Å². The minimum atomic E-state index is -1.32. The Hall–Kier alpha value is -1.71. The van der Waals surface area contributed by atoms with E-state index in [1.807, 2.05) is 30.3 Å². The molecule has 8 nitrogen and oxygen atoms in total. The molecule has 1 fully saturated rings. The number of unbranched alkanes of at least 4 members (excludes halogenated alkanes) is 9. The van der Waals surface area contributed by atoms with Crippen molar-refractivity contribution in [3.8, 4) is 0 Å². The summed E-state index contributed by atoms with van der Waals surface area (Å²) >= 11 is 0. The molecule has 5 N–H and O–H groups in total. The second-order valence-corrected chi connectivity index (χ2v) is 9.13. The highest BCUT2D eigenvalue weighted by Crippen LogP contribution is 2.20. The first kappa shape index (κ1) is 28.5. The molecule has 0 aromatic heterocycles. The Labute approximate surface area is 204 Å². The first-order valence-electron chi connectivity index (χ1n) is 12.9. The van der Waals surface area contributed by atoms with E-state index in [9.17, 15) is 20.1 Å². The Bertz CT molecular complexity index is 662. The zero-order chi connectivity index (χ0) is 24.6. The lowest BCUT2D eigenvalue weighted by atomic mass is 9.96. The Morgan fingerprint density at radius 1 is 0.941 bits per heavy atom. The van der Waals surface area contributed by atoms with Crippen molar-refractivity contribution in [2.24, 2.45) is 0 Å². The number of amides is 1. The molecular formula is C26H44N2O6. The van der Waals surface area contributed by atoms with Gasteiger partial charge in [0.1, 0.15) is 37.2 Å². The number of alkyl carbamates (subject to hydrolysis) is 1. The van der Waals surface area contributed by atoms with Crippen LogP contribution in [0.1, 0.15) is 76.7 Å². The Morgan fingerprint density at radius 3 is 2.18 bits per heavy atom. The van der Waals surface area contributed by atoms with Gasteiger partial charge in [-0.15, -0.1) is 0 Å². The summed E-state index contributed by atoms with van der Waals surface area (Å²) in [5.74, 6) is 0. The summed E-state index contributed by atoms with van der Waals surface area (Å²) in [5, 5.41) is 36.2. The summed E-state index contributed by atoms with van der Waals surface area (Å²) in [6.45, 7) is 2.53. The summed E-state index contributed by atoms with van der Waals surface area (Å²) in [5.41, 5.74) is 0.842. The molecule has 2 rings (SSSR count). The van der Waals surface area contributed by atoms with E-state index < -0.39 is 43.3 Å². The van der Waals surface area contributed by atoms with Gasteiger partial charge in [-0.25, -0.2) is 4.79 Å². The lowest BCUT2D eigenvalue weighted by molar-refractivity contribution is -0.200. The average Bonchev–Trinajstić information content (AvgIpc) is 2.85. The number of aliphatic hydroxyl groups excluding tert-OH is 3. The first-order chi connectivity index (χ1) is 16.6. The highest BCUT2D eigenvalue weighted by atomic mass is 16.6. The van der Waals surface area contributed by atoms with Crippen LogP contribution in [0.2, 0.25) is 0 Å². The number of carbonyl (C=O) groups excluding carboxylic acids is 1. The van der Waals surface area contributed by atoms with Gasteiger partial charge in [-0.05, 0) is 18.5 Å². The van der Waals surface area contributed by atoms with Crippen LogP contribution in [0.15, 0.2) is 30.3 Å². The molecule has 5 atom stereocenters. The van der Waals surface area contributed by atoms with Crippen LogP contribution in [-0.2, 0) is 16.1 Å². The largest absolute Gasteiger partial charge is 0.445 e. The van der Waals surface area contributed by atoms with Crippen LogP contribution >= 0.6 is 0 Å². The van der Waals surface area contributed by atoms with Crippen molar-refractivity contribution in [2.45, 2.75) is 108 Å². The van der Waals surface area contributed by atoms with Crippen molar-refractivity contribution in [2.75, 3.05) is 13.2 Å². The normalized spacial score (nSPS) is 24.6. The molecule has 0 saturated carbocycles. The molecule has 0 radical (unpaired) electrons. The van der Waals surface area contributed by atoms with E-state index in [0.29, 0.717) is 6.54 Å². The van der Waals surface area contributed by atoms with E-state index in [1.54, 1.807) is 0 Å². The Balaban J connectivity index is 1.73. The second kappa shape index (κ2) is 16.8. The van der Waals surface area contributed by atoms with Crippen LogP contribution < -0.4 is 10.6 Å². The van der Waals surface area contributed by atoms with E-state index in [0.717, 1.165) is 18.4 Å². The molecule has 1 aliphatic rings. The van der Waals surface area contributed by atoms with Gasteiger partial charge in [-0.3, -0.25) is 5.32 Å². The van der Waals surface area contributed by atoms with Gasteiger partial charge in [0, 0.05) is 0 Å². The third kappa shape index (κ3) is 10.3. The molecule has 1 aromatic carbocycles. The van der Waals surface area contributed by atoms with Crippen molar-refractivity contribution in [1.82, 2.24) is 10.6 Å². The smallest absolute Gasteiger partial charge is 0.407 e. The summed E-state index contributed by atoms with van der Waals surface area (Å²) in [6, 6.07) is 8.37. The molecule has 194 valence electrons. The van der Waals surface area contributed by atoms with Crippen molar-refractivity contribution >= 4 is 6.09 Å². The lowest BCUT2D eigenvalue weighted by Crippen LogP contribution is -2.67. The van der Waals surface area contributed by atoms with E-state index in [2.05, 4.69) is 17.6 Å². The van der Waals surface area contributed by atoms with Crippen LogP contribution in [0, 0.1) is 0 Å². The Morgan fingerprint density at radius 2 is 1.56 bits per heavy atom. The van der Waals surface area contributed by atoms with Crippen LogP contribution in [0.5, 0.6) is 0 Å². The molecule has 8 heteroatoms. The van der Waals surface area contributed by atoms with Crippen molar-refractivity contribution in [1.29, 1.82) is 0 Å². The number of aliphatic hydroxyl groups is 3. The Kier molecular flexibility index (Phi) is 14.1. The molecular weight excluding hydrogens is 436 g/mol. The summed E-state index contributed by atoms with van der Waals surface area (Å²) < 4.78 is 11.0. The fourth-order valence-electron chi connectivity index (χ4n) is 4.21. The zero-order valence-corrected chi connectivity index (χ0v) is 20.5. The predicted octanol–water partition coefficient (Wildman–Crippen LogP) is 3.23. The molecule has 34 heavy (non-hydrogen) atoms. The van der Waals surface area contributed by atoms with E-state index in [4.69, 9.17) is 9.47 Å². The third-order valence-corrected chi connectivity index (χ3v) is 6.30. The van der Waals surface area contributed by atoms with Gasteiger partial charge in [0.25, 0.3) is 0 Å². The van der Waals surface area contributed by atoms with Crippen LogP contribution in [0.4, 0.5) is 4.79 Å². The number of rotatable bonds is 16. The first-order valence-corrected chi connectivity index (χ1v) is 12.9. The molecule has 1 saturated heterocycles. The third-order valence-electron chi connectivity index (χ3n) is 6.30. The molecule has 0 aliphatic carbocycles. The second-order valence-electron chi connectivity index (χ2n) is 9.13. The fraction of sp³-hybridized carbons (Fsp3) is 0.731. The van der Waals surface area contributed by atoms with E-state index in [-0.39, 0.29) is 6.61 Å². The zero-order valence-electron chi connectivity index (χ0n) is 20.5. The number of ether oxygens (including phenoxy) is 2. The summed E-state index contributed by atoms with van der Waals surface area (Å²) in [7, 11) is 0. The van der Waals surface area contributed by atoms with Gasteiger partial charge in [0.2, 0.25) is 0 Å². The van der Waals surface area contributed by atoms with Crippen molar-refractivity contribution in [3.63, 3.8) is 0 Å². The topological polar surface area (TPSA) is 120 Å². The van der Waals surface area contributed by atoms with E-state index >= 15 is 0 Å². The molecule has 1 aliphatic heterocycles. The summed E-state index contributed by atoms with van der Waals surface area (Å²) in [6.07, 6.45) is 7.28. The molecule has 1 aromatic rings. The summed E-state index contributed by atoms with van der Waals surface area (Å²) in [4.78, 5) is 12.3. The standard InChI is InChI=1S/C26H44N2O6/c1-2-3-4-5-6-7-8-9-10-14-17-27-25-22(24(31)23(30)21(18-29)34-25)28-26(32)33-19-20-15-12-11-13-16-20/h11-13,15-16,21-25,27,29-31H,2-10,14,17-19H2,1H3,(H,28,32)/t21-,22+,23+,24-,25-/m1/s1. The van der Waals surface area contributed by atoms with E-state index in [1.165, 1.54) is 51.4 Å². The highest BCUT2D eigenvalue weighted by molar-refractivity contribution is 5.67. The molecule has 1 amide bonds. The SMILES string of the molecule is CCCCCCCCCCCCN[C@@H]1O[C@H](CO)[C@H](O)[C@H](O)[C@@H]1NC(=O)OCc1ccccc1. The maximum Gasteiger partial charge on any atom is 0.407 e. The molecule has 0 bridgehead atoms. The van der Waals surface area contributed by atoms with Gasteiger partial charge < -0.3 is 30.1 Å². The number of carbonyl (C=O) groups is 1. The van der Waals surface area contributed by atoms with Crippen molar-refractivity contribution < 1.29 is 29.6 Å². The predicted molar refractivity (Wildman–Crippen MR) is 131 cm³/mol. The van der Waals surface area contributed by atoms with Crippen LogP contribution in [-0.4, -0.2) is 65.1 Å². The minimum Gasteiger partial charge on any atom is -0.445 e. The number of benzene rings is 1. The van der Waals surface area contributed by atoms with Crippen LogP contribution in [0.25, 0.3) is 0 Å². The molecule has 0 unspecified atom stereocenters. The average molecular weight is 481 g/mol. The maximum absolute atomic E-state index is 12.3. The number of hydrogen-bond acceptors (Lipinski definition) is 7. The lowest BCUT2D eigenvalue weighted by Gasteiger charge is -2.42.